The van der Waals surface area contributed by atoms with Gasteiger partial charge in [0.15, 0.2) is 0 Å². The average molecular weight is 562 g/mol. The second-order valence-electron chi connectivity index (χ2n) is 11.6. The summed E-state index contributed by atoms with van der Waals surface area (Å²) >= 11 is 0. The fourth-order valence-corrected chi connectivity index (χ4v) is 4.91. The Labute approximate surface area is 249 Å². The summed E-state index contributed by atoms with van der Waals surface area (Å²) in [5.74, 6) is -0.0810. The number of nitrogens with one attached hydrogen (secondary N) is 1. The molecule has 0 aliphatic rings. The van der Waals surface area contributed by atoms with Crippen molar-refractivity contribution in [2.24, 2.45) is 0 Å². The molecule has 1 amide bonds. The van der Waals surface area contributed by atoms with E-state index in [1.165, 1.54) is 103 Å². The number of rotatable bonds is 30. The fraction of sp³-hybridized carbons (Fsp3) is 0.806. The van der Waals surface area contributed by atoms with Crippen molar-refractivity contribution in [2.45, 2.75) is 180 Å². The van der Waals surface area contributed by atoms with Crippen molar-refractivity contribution in [3.8, 4) is 0 Å². The second kappa shape index (κ2) is 32.1. The molecule has 4 nitrogen and oxygen atoms in total. The van der Waals surface area contributed by atoms with Crippen molar-refractivity contribution >= 4 is 5.91 Å². The Kier molecular flexibility index (Phi) is 31.0. The van der Waals surface area contributed by atoms with Gasteiger partial charge in [-0.1, -0.05) is 147 Å². The van der Waals surface area contributed by atoms with Crippen molar-refractivity contribution in [1.82, 2.24) is 5.32 Å². The third-order valence-electron chi connectivity index (χ3n) is 7.62. The zero-order valence-electron chi connectivity index (χ0n) is 26.6. The number of hydrogen-bond donors (Lipinski definition) is 3. The normalized spacial score (nSPS) is 13.6. The van der Waals surface area contributed by atoms with Gasteiger partial charge in [0.2, 0.25) is 5.91 Å². The van der Waals surface area contributed by atoms with E-state index in [1.807, 2.05) is 6.08 Å². The minimum absolute atomic E-state index is 0.0810. The SMILES string of the molecule is CCCCC/C=C/C/C=C/CCCCCCCC(=O)N[C@@H](CO)[C@H](O)/C=C/CCCCCCCCCCCCC. The van der Waals surface area contributed by atoms with Crippen molar-refractivity contribution in [1.29, 1.82) is 0 Å². The zero-order chi connectivity index (χ0) is 29.4. The van der Waals surface area contributed by atoms with Crippen LogP contribution in [0.25, 0.3) is 0 Å². The predicted molar refractivity (Wildman–Crippen MR) is 175 cm³/mol. The molecule has 0 aromatic carbocycles. The first-order valence-electron chi connectivity index (χ1n) is 17.2. The number of carbonyl (C=O) groups excluding carboxylic acids is 1. The third kappa shape index (κ3) is 28.1. The lowest BCUT2D eigenvalue weighted by atomic mass is 10.0. The fourth-order valence-electron chi connectivity index (χ4n) is 4.91. The largest absolute Gasteiger partial charge is 0.394 e. The summed E-state index contributed by atoms with van der Waals surface area (Å²) in [5.41, 5.74) is 0. The van der Waals surface area contributed by atoms with Gasteiger partial charge < -0.3 is 15.5 Å². The summed E-state index contributed by atoms with van der Waals surface area (Å²) in [7, 11) is 0. The van der Waals surface area contributed by atoms with E-state index in [9.17, 15) is 15.0 Å². The molecule has 0 spiro atoms. The molecule has 234 valence electrons. The van der Waals surface area contributed by atoms with Gasteiger partial charge in [-0.15, -0.1) is 0 Å². The van der Waals surface area contributed by atoms with E-state index in [4.69, 9.17) is 0 Å². The van der Waals surface area contributed by atoms with Gasteiger partial charge in [-0.05, 0) is 51.4 Å². The summed E-state index contributed by atoms with van der Waals surface area (Å²) in [6.07, 6.45) is 40.7. The second-order valence-corrected chi connectivity index (χ2v) is 11.6. The van der Waals surface area contributed by atoms with Crippen LogP contribution >= 0.6 is 0 Å². The summed E-state index contributed by atoms with van der Waals surface area (Å²) in [6.45, 7) is 4.25. The first kappa shape index (κ1) is 38.6. The maximum atomic E-state index is 12.3. The predicted octanol–water partition coefficient (Wildman–Crippen LogP) is 9.90. The van der Waals surface area contributed by atoms with E-state index in [0.717, 1.165) is 44.9 Å². The van der Waals surface area contributed by atoms with Crippen LogP contribution in [0.4, 0.5) is 0 Å². The van der Waals surface area contributed by atoms with Crippen LogP contribution in [0.2, 0.25) is 0 Å². The van der Waals surface area contributed by atoms with Gasteiger partial charge in [-0.2, -0.15) is 0 Å². The van der Waals surface area contributed by atoms with Gasteiger partial charge in [0.05, 0.1) is 18.8 Å². The molecule has 2 atom stereocenters. The molecule has 0 fully saturated rings. The molecule has 0 rings (SSSR count). The molecule has 4 heteroatoms. The van der Waals surface area contributed by atoms with E-state index < -0.39 is 12.1 Å². The molecule has 0 unspecified atom stereocenters. The lowest BCUT2D eigenvalue weighted by Crippen LogP contribution is -2.45. The highest BCUT2D eigenvalue weighted by Crippen LogP contribution is 2.13. The van der Waals surface area contributed by atoms with E-state index in [0.29, 0.717) is 6.42 Å². The van der Waals surface area contributed by atoms with Crippen molar-refractivity contribution < 1.29 is 15.0 Å². The van der Waals surface area contributed by atoms with Crippen LogP contribution < -0.4 is 5.32 Å². The third-order valence-corrected chi connectivity index (χ3v) is 7.62. The van der Waals surface area contributed by atoms with Crippen molar-refractivity contribution in [2.75, 3.05) is 6.61 Å². The van der Waals surface area contributed by atoms with Crippen LogP contribution in [0.3, 0.4) is 0 Å². The summed E-state index contributed by atoms with van der Waals surface area (Å²) in [6, 6.07) is -0.626. The number of amides is 1. The zero-order valence-corrected chi connectivity index (χ0v) is 26.6. The Balaban J connectivity index is 3.69. The Hall–Kier alpha value is -1.39. The molecule has 0 saturated heterocycles. The molecule has 0 saturated carbocycles. The molecule has 0 radical (unpaired) electrons. The van der Waals surface area contributed by atoms with E-state index >= 15 is 0 Å². The molecule has 0 aromatic heterocycles. The van der Waals surface area contributed by atoms with E-state index in [1.54, 1.807) is 6.08 Å². The Morgan fingerprint density at radius 1 is 0.600 bits per heavy atom. The van der Waals surface area contributed by atoms with Crippen LogP contribution in [-0.4, -0.2) is 34.9 Å². The van der Waals surface area contributed by atoms with Crippen LogP contribution in [-0.2, 0) is 4.79 Å². The topological polar surface area (TPSA) is 69.6 Å². The number of unbranched alkanes of at least 4 members (excludes halogenated alkanes) is 19. The monoisotopic (exact) mass is 562 g/mol. The number of carbonyl (C=O) groups is 1. The molecule has 3 N–H and O–H groups in total. The molecule has 40 heavy (non-hydrogen) atoms. The highest BCUT2D eigenvalue weighted by Gasteiger charge is 2.17. The molecular weight excluding hydrogens is 494 g/mol. The molecule has 0 heterocycles. The van der Waals surface area contributed by atoms with Gasteiger partial charge in [0.25, 0.3) is 0 Å². The lowest BCUT2D eigenvalue weighted by molar-refractivity contribution is -0.123. The van der Waals surface area contributed by atoms with Crippen LogP contribution in [0.5, 0.6) is 0 Å². The highest BCUT2D eigenvalue weighted by atomic mass is 16.3. The summed E-state index contributed by atoms with van der Waals surface area (Å²) < 4.78 is 0. The van der Waals surface area contributed by atoms with Crippen LogP contribution in [0.15, 0.2) is 36.5 Å². The number of aliphatic hydroxyl groups excluding tert-OH is 2. The smallest absolute Gasteiger partial charge is 0.220 e. The number of allylic oxidation sites excluding steroid dienone is 5. The lowest BCUT2D eigenvalue weighted by Gasteiger charge is -2.20. The molecule has 0 aromatic rings. The molecular formula is C36H67NO3. The highest BCUT2D eigenvalue weighted by molar-refractivity contribution is 5.76. The maximum absolute atomic E-state index is 12.3. The van der Waals surface area contributed by atoms with Crippen molar-refractivity contribution in [3.05, 3.63) is 36.5 Å². The van der Waals surface area contributed by atoms with Gasteiger partial charge in [0.1, 0.15) is 0 Å². The molecule has 0 aliphatic carbocycles. The minimum Gasteiger partial charge on any atom is -0.394 e. The number of aliphatic hydroxyl groups is 2. The van der Waals surface area contributed by atoms with Gasteiger partial charge in [0, 0.05) is 6.42 Å². The Morgan fingerprint density at radius 3 is 1.55 bits per heavy atom. The average Bonchev–Trinajstić information content (AvgIpc) is 2.96. The van der Waals surface area contributed by atoms with Crippen LogP contribution in [0, 0.1) is 0 Å². The van der Waals surface area contributed by atoms with E-state index in [2.05, 4.69) is 43.5 Å². The molecule has 0 aliphatic heterocycles. The molecule has 0 bridgehead atoms. The quantitative estimate of drug-likeness (QED) is 0.0603. The maximum Gasteiger partial charge on any atom is 0.220 e. The van der Waals surface area contributed by atoms with Gasteiger partial charge >= 0.3 is 0 Å². The summed E-state index contributed by atoms with van der Waals surface area (Å²) in [4.78, 5) is 12.3. The van der Waals surface area contributed by atoms with Crippen molar-refractivity contribution in [3.63, 3.8) is 0 Å². The van der Waals surface area contributed by atoms with Gasteiger partial charge in [-0.3, -0.25) is 4.79 Å². The first-order valence-corrected chi connectivity index (χ1v) is 17.2. The number of hydrogen-bond acceptors (Lipinski definition) is 3. The standard InChI is InChI=1S/C36H67NO3/c1-3-5-7-9-11-13-15-17-18-20-22-24-26-28-30-32-36(40)37-34(33-38)35(39)31-29-27-25-23-21-19-16-14-12-10-8-6-4-2/h11,13,17-18,29,31,34-35,38-39H,3-10,12,14-16,19-28,30,32-33H2,1-2H3,(H,37,40)/b13-11+,18-17+,31-29+/t34-,35+/m0/s1. The van der Waals surface area contributed by atoms with E-state index in [-0.39, 0.29) is 12.5 Å². The summed E-state index contributed by atoms with van der Waals surface area (Å²) in [5, 5.41) is 22.8. The minimum atomic E-state index is -0.841. The van der Waals surface area contributed by atoms with Gasteiger partial charge in [-0.25, -0.2) is 0 Å². The first-order chi connectivity index (χ1) is 19.7. The van der Waals surface area contributed by atoms with Crippen LogP contribution in [0.1, 0.15) is 168 Å². The Morgan fingerprint density at radius 2 is 1.02 bits per heavy atom. The Bertz CT molecular complexity index is 613.